The average molecular weight is 214 g/mol. The molecule has 0 aliphatic carbocycles. The Morgan fingerprint density at radius 1 is 0.875 bits per heavy atom. The van der Waals surface area contributed by atoms with Gasteiger partial charge in [0.15, 0.2) is 11.6 Å². The van der Waals surface area contributed by atoms with Gasteiger partial charge in [-0.3, -0.25) is 9.59 Å². The smallest absolute Gasteiger partial charge is 0.180 e. The third-order valence-corrected chi connectivity index (χ3v) is 2.24. The monoisotopic (exact) mass is 214 g/mol. The second kappa shape index (κ2) is 3.81. The molecule has 2 rings (SSSR count). The highest BCUT2D eigenvalue weighted by Crippen LogP contribution is 2.13. The van der Waals surface area contributed by atoms with Gasteiger partial charge in [0.25, 0.3) is 0 Å². The molecule has 0 amide bonds. The van der Waals surface area contributed by atoms with E-state index in [0.717, 1.165) is 0 Å². The van der Waals surface area contributed by atoms with Crippen molar-refractivity contribution in [2.75, 3.05) is 0 Å². The van der Waals surface area contributed by atoms with E-state index in [1.54, 1.807) is 12.1 Å². The minimum Gasteiger partial charge on any atom is -0.293 e. The summed E-state index contributed by atoms with van der Waals surface area (Å²) in [6, 6.07) is 7.15. The molecule has 2 aromatic rings. The fourth-order valence-corrected chi connectivity index (χ4v) is 1.49. The van der Waals surface area contributed by atoms with Crippen molar-refractivity contribution in [3.63, 3.8) is 0 Å². The number of rotatable bonds is 2. The molecule has 0 spiro atoms. The van der Waals surface area contributed by atoms with Crippen molar-refractivity contribution in [2.24, 2.45) is 0 Å². The summed E-state index contributed by atoms with van der Waals surface area (Å²) in [6.45, 7) is 2.76. The van der Waals surface area contributed by atoms with E-state index in [0.29, 0.717) is 11.0 Å². The fraction of sp³-hybridized carbons (Fsp3) is 0.167. The highest BCUT2D eigenvalue weighted by Gasteiger charge is 2.15. The Hall–Kier alpha value is -2.10. The summed E-state index contributed by atoms with van der Waals surface area (Å²) in [5.41, 5.74) is 1.54. The number of ketones is 2. The van der Waals surface area contributed by atoms with Crippen molar-refractivity contribution < 1.29 is 9.59 Å². The number of hydrogen-bond donors (Lipinski definition) is 0. The quantitative estimate of drug-likeness (QED) is 0.717. The SMILES string of the molecule is CC(=O)c1nc2ccccc2nc1C(C)=O. The highest BCUT2D eigenvalue weighted by atomic mass is 16.1. The summed E-state index contributed by atoms with van der Waals surface area (Å²) in [7, 11) is 0. The van der Waals surface area contributed by atoms with E-state index in [9.17, 15) is 9.59 Å². The van der Waals surface area contributed by atoms with Crippen LogP contribution in [-0.4, -0.2) is 21.5 Å². The van der Waals surface area contributed by atoms with E-state index in [1.165, 1.54) is 13.8 Å². The lowest BCUT2D eigenvalue weighted by Gasteiger charge is -2.04. The van der Waals surface area contributed by atoms with Crippen LogP contribution in [0.1, 0.15) is 34.8 Å². The van der Waals surface area contributed by atoms with E-state index in [1.807, 2.05) is 12.1 Å². The zero-order chi connectivity index (χ0) is 11.7. The van der Waals surface area contributed by atoms with Gasteiger partial charge >= 0.3 is 0 Å². The zero-order valence-corrected chi connectivity index (χ0v) is 9.02. The van der Waals surface area contributed by atoms with Crippen LogP contribution in [-0.2, 0) is 0 Å². The Bertz CT molecular complexity index is 538. The molecule has 0 unspecified atom stereocenters. The van der Waals surface area contributed by atoms with Gasteiger partial charge < -0.3 is 0 Å². The number of aromatic nitrogens is 2. The van der Waals surface area contributed by atoms with Crippen LogP contribution in [0.15, 0.2) is 24.3 Å². The van der Waals surface area contributed by atoms with Gasteiger partial charge in [0.2, 0.25) is 0 Å². The minimum absolute atomic E-state index is 0.145. The largest absolute Gasteiger partial charge is 0.293 e. The van der Waals surface area contributed by atoms with Gasteiger partial charge in [-0.25, -0.2) is 9.97 Å². The molecule has 4 heteroatoms. The minimum atomic E-state index is -0.247. The molecular weight excluding hydrogens is 204 g/mol. The van der Waals surface area contributed by atoms with Crippen LogP contribution in [0, 0.1) is 0 Å². The van der Waals surface area contributed by atoms with Crippen LogP contribution in [0.4, 0.5) is 0 Å². The van der Waals surface area contributed by atoms with Crippen LogP contribution in [0.3, 0.4) is 0 Å². The number of para-hydroxylation sites is 2. The lowest BCUT2D eigenvalue weighted by molar-refractivity contribution is 0.0974. The molecule has 16 heavy (non-hydrogen) atoms. The average Bonchev–Trinajstić information content (AvgIpc) is 2.27. The molecule has 0 bridgehead atoms. The van der Waals surface area contributed by atoms with Crippen LogP contribution >= 0.6 is 0 Å². The Morgan fingerprint density at radius 3 is 1.56 bits per heavy atom. The van der Waals surface area contributed by atoms with Crippen molar-refractivity contribution in [1.29, 1.82) is 0 Å². The zero-order valence-electron chi connectivity index (χ0n) is 9.02. The van der Waals surface area contributed by atoms with Crippen molar-refractivity contribution in [1.82, 2.24) is 9.97 Å². The number of carbonyl (C=O) groups is 2. The van der Waals surface area contributed by atoms with Gasteiger partial charge in [0.1, 0.15) is 11.4 Å². The first kappa shape index (κ1) is 10.4. The second-order valence-corrected chi connectivity index (χ2v) is 3.52. The molecule has 0 N–H and O–H groups in total. The predicted molar refractivity (Wildman–Crippen MR) is 59.5 cm³/mol. The second-order valence-electron chi connectivity index (χ2n) is 3.52. The normalized spacial score (nSPS) is 10.4. The molecule has 0 saturated carbocycles. The van der Waals surface area contributed by atoms with Crippen molar-refractivity contribution in [3.8, 4) is 0 Å². The Labute approximate surface area is 92.3 Å². The van der Waals surface area contributed by atoms with E-state index >= 15 is 0 Å². The maximum atomic E-state index is 11.4. The maximum Gasteiger partial charge on any atom is 0.180 e. The number of fused-ring (bicyclic) bond motifs is 1. The lowest BCUT2D eigenvalue weighted by Crippen LogP contribution is -2.10. The standard InChI is InChI=1S/C12H10N2O2/c1-7(15)11-12(8(2)16)14-10-6-4-3-5-9(10)13-11/h3-6H,1-2H3. The van der Waals surface area contributed by atoms with E-state index in [2.05, 4.69) is 9.97 Å². The van der Waals surface area contributed by atoms with Gasteiger partial charge in [-0.05, 0) is 12.1 Å². The molecule has 0 aliphatic rings. The lowest BCUT2D eigenvalue weighted by atomic mass is 10.1. The first-order valence-electron chi connectivity index (χ1n) is 4.88. The first-order valence-corrected chi connectivity index (χ1v) is 4.88. The van der Waals surface area contributed by atoms with Crippen LogP contribution in [0.25, 0.3) is 11.0 Å². The predicted octanol–water partition coefficient (Wildman–Crippen LogP) is 2.04. The summed E-state index contributed by atoms with van der Waals surface area (Å²) in [4.78, 5) is 31.0. The van der Waals surface area contributed by atoms with E-state index in [-0.39, 0.29) is 23.0 Å². The molecule has 1 aromatic carbocycles. The Morgan fingerprint density at radius 2 is 1.25 bits per heavy atom. The summed E-state index contributed by atoms with van der Waals surface area (Å²) >= 11 is 0. The summed E-state index contributed by atoms with van der Waals surface area (Å²) < 4.78 is 0. The topological polar surface area (TPSA) is 59.9 Å². The van der Waals surface area contributed by atoms with Gasteiger partial charge in [-0.1, -0.05) is 12.1 Å². The summed E-state index contributed by atoms with van der Waals surface area (Å²) in [5.74, 6) is -0.494. The van der Waals surface area contributed by atoms with Crippen molar-refractivity contribution in [3.05, 3.63) is 35.7 Å². The van der Waals surface area contributed by atoms with Crippen LogP contribution in [0.5, 0.6) is 0 Å². The third-order valence-electron chi connectivity index (χ3n) is 2.24. The molecule has 4 nitrogen and oxygen atoms in total. The molecular formula is C12H10N2O2. The number of hydrogen-bond acceptors (Lipinski definition) is 4. The van der Waals surface area contributed by atoms with Gasteiger partial charge in [0.05, 0.1) is 11.0 Å². The first-order chi connectivity index (χ1) is 7.59. The molecule has 0 atom stereocenters. The highest BCUT2D eigenvalue weighted by molar-refractivity contribution is 6.06. The molecule has 0 aliphatic heterocycles. The van der Waals surface area contributed by atoms with Gasteiger partial charge in [-0.2, -0.15) is 0 Å². The summed E-state index contributed by atoms with van der Waals surface area (Å²) in [5, 5.41) is 0. The van der Waals surface area contributed by atoms with Crippen LogP contribution in [0.2, 0.25) is 0 Å². The number of nitrogens with zero attached hydrogens (tertiary/aromatic N) is 2. The molecule has 0 fully saturated rings. The van der Waals surface area contributed by atoms with Crippen molar-refractivity contribution >= 4 is 22.6 Å². The maximum absolute atomic E-state index is 11.4. The van der Waals surface area contributed by atoms with E-state index in [4.69, 9.17) is 0 Å². The van der Waals surface area contributed by atoms with Crippen LogP contribution < -0.4 is 0 Å². The van der Waals surface area contributed by atoms with Gasteiger partial charge in [0, 0.05) is 13.8 Å². The molecule has 0 saturated heterocycles. The third kappa shape index (κ3) is 1.69. The Balaban J connectivity index is 2.81. The number of Topliss-reactive ketones (excluding diaryl/α,β-unsaturated/α-hetero) is 2. The molecule has 0 radical (unpaired) electrons. The fourth-order valence-electron chi connectivity index (χ4n) is 1.49. The molecule has 80 valence electrons. The summed E-state index contributed by atoms with van der Waals surface area (Å²) in [6.07, 6.45) is 0. The number of benzene rings is 1. The van der Waals surface area contributed by atoms with E-state index < -0.39 is 0 Å². The molecule has 1 aromatic heterocycles. The Kier molecular flexibility index (Phi) is 2.48. The van der Waals surface area contributed by atoms with Crippen molar-refractivity contribution in [2.45, 2.75) is 13.8 Å². The van der Waals surface area contributed by atoms with Gasteiger partial charge in [-0.15, -0.1) is 0 Å². The molecule has 1 heterocycles. The number of carbonyl (C=O) groups excluding carboxylic acids is 2.